The Bertz CT molecular complexity index is 1330. The Hall–Kier alpha value is -4.17. The fourth-order valence-electron chi connectivity index (χ4n) is 3.47. The Morgan fingerprint density at radius 3 is 2.62 bits per heavy atom. The van der Waals surface area contributed by atoms with Crippen molar-refractivity contribution in [2.24, 2.45) is 5.10 Å². The number of phenols is 1. The minimum atomic E-state index is -0.879. The predicted octanol–water partition coefficient (Wildman–Crippen LogP) is 4.11. The second-order valence-electron chi connectivity index (χ2n) is 7.52. The van der Waals surface area contributed by atoms with Crippen LogP contribution in [0.1, 0.15) is 21.5 Å². The Balaban J connectivity index is 1.49. The van der Waals surface area contributed by atoms with Gasteiger partial charge < -0.3 is 15.2 Å². The SMILES string of the molecule is COc1ccc(C(=O)N[C@@H](Cc2ccccc2)C(=O)N/N=C/c2csc3ccccc23)cc1O. The number of phenolic OH excluding ortho intramolecular Hbond substituents is 1. The maximum atomic E-state index is 13.0. The van der Waals surface area contributed by atoms with E-state index in [-0.39, 0.29) is 23.5 Å². The van der Waals surface area contributed by atoms with Gasteiger partial charge in [0, 0.05) is 33.0 Å². The largest absolute Gasteiger partial charge is 0.504 e. The lowest BCUT2D eigenvalue weighted by Crippen LogP contribution is -2.46. The summed E-state index contributed by atoms with van der Waals surface area (Å²) < 4.78 is 6.15. The minimum absolute atomic E-state index is 0.160. The number of hydrazone groups is 1. The number of methoxy groups -OCH3 is 1. The highest BCUT2D eigenvalue weighted by atomic mass is 32.1. The molecule has 4 aromatic rings. The second-order valence-corrected chi connectivity index (χ2v) is 8.44. The Labute approximate surface area is 200 Å². The predicted molar refractivity (Wildman–Crippen MR) is 134 cm³/mol. The van der Waals surface area contributed by atoms with Crippen LogP contribution in [-0.4, -0.2) is 36.3 Å². The zero-order chi connectivity index (χ0) is 23.9. The monoisotopic (exact) mass is 473 g/mol. The van der Waals surface area contributed by atoms with Crippen LogP contribution in [0.5, 0.6) is 11.5 Å². The van der Waals surface area contributed by atoms with E-state index in [9.17, 15) is 14.7 Å². The molecule has 0 saturated carbocycles. The van der Waals surface area contributed by atoms with E-state index in [4.69, 9.17) is 4.74 Å². The summed E-state index contributed by atoms with van der Waals surface area (Å²) in [5.41, 5.74) is 4.53. The molecule has 1 aromatic heterocycles. The van der Waals surface area contributed by atoms with Crippen molar-refractivity contribution < 1.29 is 19.4 Å². The first-order valence-corrected chi connectivity index (χ1v) is 11.4. The number of rotatable bonds is 8. The number of hydrogen-bond donors (Lipinski definition) is 3. The minimum Gasteiger partial charge on any atom is -0.504 e. The summed E-state index contributed by atoms with van der Waals surface area (Å²) in [5, 5.41) is 19.9. The van der Waals surface area contributed by atoms with Crippen LogP contribution < -0.4 is 15.5 Å². The molecule has 0 aliphatic rings. The number of thiophene rings is 1. The fourth-order valence-corrected chi connectivity index (χ4v) is 4.39. The van der Waals surface area contributed by atoms with Crippen molar-refractivity contribution in [3.8, 4) is 11.5 Å². The van der Waals surface area contributed by atoms with Gasteiger partial charge in [0.2, 0.25) is 0 Å². The molecule has 3 N–H and O–H groups in total. The zero-order valence-electron chi connectivity index (χ0n) is 18.4. The Kier molecular flexibility index (Phi) is 7.19. The number of fused-ring (bicyclic) bond motifs is 1. The normalized spacial score (nSPS) is 11.9. The molecular weight excluding hydrogens is 450 g/mol. The summed E-state index contributed by atoms with van der Waals surface area (Å²) in [6, 6.07) is 20.8. The van der Waals surface area contributed by atoms with Gasteiger partial charge in [0.05, 0.1) is 13.3 Å². The molecule has 8 heteroatoms. The first-order valence-electron chi connectivity index (χ1n) is 10.6. The quantitative estimate of drug-likeness (QED) is 0.265. The van der Waals surface area contributed by atoms with Crippen molar-refractivity contribution in [1.82, 2.24) is 10.7 Å². The number of ether oxygens (including phenoxy) is 1. The third kappa shape index (κ3) is 5.41. The highest BCUT2D eigenvalue weighted by Gasteiger charge is 2.22. The Morgan fingerprint density at radius 1 is 1.09 bits per heavy atom. The maximum Gasteiger partial charge on any atom is 0.262 e. The van der Waals surface area contributed by atoms with Gasteiger partial charge in [-0.2, -0.15) is 5.10 Å². The maximum absolute atomic E-state index is 13.0. The molecule has 0 unspecified atom stereocenters. The van der Waals surface area contributed by atoms with E-state index in [0.717, 1.165) is 21.2 Å². The van der Waals surface area contributed by atoms with Gasteiger partial charge in [-0.3, -0.25) is 9.59 Å². The first-order chi connectivity index (χ1) is 16.5. The van der Waals surface area contributed by atoms with Crippen LogP contribution in [0.25, 0.3) is 10.1 Å². The number of benzene rings is 3. The van der Waals surface area contributed by atoms with Crippen LogP contribution >= 0.6 is 11.3 Å². The summed E-state index contributed by atoms with van der Waals surface area (Å²) >= 11 is 1.60. The van der Waals surface area contributed by atoms with Crippen LogP contribution in [0.4, 0.5) is 0 Å². The molecular formula is C26H23N3O4S. The van der Waals surface area contributed by atoms with Gasteiger partial charge in [0.1, 0.15) is 6.04 Å². The molecule has 34 heavy (non-hydrogen) atoms. The summed E-state index contributed by atoms with van der Waals surface area (Å²) in [7, 11) is 1.43. The summed E-state index contributed by atoms with van der Waals surface area (Å²) in [6.45, 7) is 0. The molecule has 0 saturated heterocycles. The van der Waals surface area contributed by atoms with Crippen LogP contribution in [0.2, 0.25) is 0 Å². The van der Waals surface area contributed by atoms with Crippen LogP contribution in [0, 0.1) is 0 Å². The number of carbonyl (C=O) groups excluding carboxylic acids is 2. The van der Waals surface area contributed by atoms with Crippen molar-refractivity contribution in [2.45, 2.75) is 12.5 Å². The van der Waals surface area contributed by atoms with E-state index in [1.165, 1.54) is 25.3 Å². The molecule has 7 nitrogen and oxygen atoms in total. The van der Waals surface area contributed by atoms with Crippen molar-refractivity contribution in [3.05, 3.63) is 94.9 Å². The third-order valence-corrected chi connectivity index (χ3v) is 6.22. The molecule has 172 valence electrons. The highest BCUT2D eigenvalue weighted by Crippen LogP contribution is 2.26. The lowest BCUT2D eigenvalue weighted by Gasteiger charge is -2.17. The smallest absolute Gasteiger partial charge is 0.262 e. The molecule has 0 bridgehead atoms. The number of aromatic hydroxyl groups is 1. The third-order valence-electron chi connectivity index (χ3n) is 5.23. The number of carbonyl (C=O) groups is 2. The fraction of sp³-hybridized carbons (Fsp3) is 0.115. The number of amides is 2. The average molecular weight is 474 g/mol. The van der Waals surface area contributed by atoms with E-state index in [1.54, 1.807) is 17.6 Å². The molecule has 0 radical (unpaired) electrons. The van der Waals surface area contributed by atoms with Gasteiger partial charge in [-0.15, -0.1) is 11.3 Å². The molecule has 0 aliphatic carbocycles. The summed E-state index contributed by atoms with van der Waals surface area (Å²) in [5.74, 6) is -0.857. The van der Waals surface area contributed by atoms with Gasteiger partial charge in [-0.1, -0.05) is 48.5 Å². The van der Waals surface area contributed by atoms with Gasteiger partial charge >= 0.3 is 0 Å². The van der Waals surface area contributed by atoms with Crippen LogP contribution in [0.3, 0.4) is 0 Å². The summed E-state index contributed by atoms with van der Waals surface area (Å²) in [6.07, 6.45) is 1.87. The molecule has 4 rings (SSSR count). The topological polar surface area (TPSA) is 100 Å². The van der Waals surface area contributed by atoms with Gasteiger partial charge in [0.25, 0.3) is 11.8 Å². The second kappa shape index (κ2) is 10.6. The molecule has 3 aromatic carbocycles. The molecule has 0 fully saturated rings. The first kappa shape index (κ1) is 23.0. The Morgan fingerprint density at radius 2 is 1.85 bits per heavy atom. The number of hydrogen-bond acceptors (Lipinski definition) is 6. The van der Waals surface area contributed by atoms with E-state index >= 15 is 0 Å². The number of nitrogens with zero attached hydrogens (tertiary/aromatic N) is 1. The lowest BCUT2D eigenvalue weighted by atomic mass is 10.0. The molecule has 2 amide bonds. The summed E-state index contributed by atoms with van der Waals surface area (Å²) in [4.78, 5) is 25.8. The van der Waals surface area contributed by atoms with E-state index < -0.39 is 17.9 Å². The molecule has 0 aliphatic heterocycles. The lowest BCUT2D eigenvalue weighted by molar-refractivity contribution is -0.122. The van der Waals surface area contributed by atoms with Gasteiger partial charge in [0.15, 0.2) is 11.5 Å². The zero-order valence-corrected chi connectivity index (χ0v) is 19.2. The molecule has 1 heterocycles. The standard InChI is InChI=1S/C26H23N3O4S/c1-33-23-12-11-18(14-22(23)30)25(31)28-21(13-17-7-3-2-4-8-17)26(32)29-27-15-19-16-34-24-10-6-5-9-20(19)24/h2-12,14-16,21,30H,13H2,1H3,(H,28,31)(H,29,32)/b27-15+/t21-/m0/s1. The van der Waals surface area contributed by atoms with E-state index in [2.05, 4.69) is 15.8 Å². The van der Waals surface area contributed by atoms with E-state index in [1.807, 2.05) is 60.0 Å². The van der Waals surface area contributed by atoms with Crippen molar-refractivity contribution in [3.63, 3.8) is 0 Å². The van der Waals surface area contributed by atoms with Crippen molar-refractivity contribution >= 4 is 39.5 Å². The van der Waals surface area contributed by atoms with Gasteiger partial charge in [-0.05, 0) is 29.8 Å². The molecule has 0 spiro atoms. The van der Waals surface area contributed by atoms with Crippen molar-refractivity contribution in [2.75, 3.05) is 7.11 Å². The average Bonchev–Trinajstić information content (AvgIpc) is 3.27. The van der Waals surface area contributed by atoms with Crippen molar-refractivity contribution in [1.29, 1.82) is 0 Å². The highest BCUT2D eigenvalue weighted by molar-refractivity contribution is 7.17. The number of nitrogens with one attached hydrogen (secondary N) is 2. The van der Waals surface area contributed by atoms with E-state index in [0.29, 0.717) is 0 Å². The van der Waals surface area contributed by atoms with Crippen LogP contribution in [0.15, 0.2) is 83.3 Å². The van der Waals surface area contributed by atoms with Crippen LogP contribution in [-0.2, 0) is 11.2 Å². The molecule has 1 atom stereocenters. The van der Waals surface area contributed by atoms with Gasteiger partial charge in [-0.25, -0.2) is 5.43 Å².